The number of benzene rings is 1. The third-order valence-electron chi connectivity index (χ3n) is 3.97. The first-order valence-electron chi connectivity index (χ1n) is 7.26. The van der Waals surface area contributed by atoms with Crippen LogP contribution in [0.5, 0.6) is 0 Å². The molecule has 1 atom stereocenters. The summed E-state index contributed by atoms with van der Waals surface area (Å²) >= 11 is 0. The van der Waals surface area contributed by atoms with E-state index < -0.39 is 0 Å². The van der Waals surface area contributed by atoms with Crippen molar-refractivity contribution in [1.82, 2.24) is 4.90 Å². The normalized spacial score (nSPS) is 13.9. The van der Waals surface area contributed by atoms with Gasteiger partial charge in [0.2, 0.25) is 0 Å². The van der Waals surface area contributed by atoms with E-state index in [9.17, 15) is 0 Å². The number of nitrogens with zero attached hydrogens (tertiary/aromatic N) is 1. The summed E-state index contributed by atoms with van der Waals surface area (Å²) in [5.74, 6) is 0. The standard InChI is InChI=1S/C17H30N2/c1-13-7-8-16(17(3,4)5)11-15(13)12-19(6)14(2)9-10-18/h7-8,11,14H,9-10,12,18H2,1-6H3. The third kappa shape index (κ3) is 4.63. The summed E-state index contributed by atoms with van der Waals surface area (Å²) in [6, 6.07) is 7.39. The molecule has 1 aromatic rings. The first kappa shape index (κ1) is 16.2. The van der Waals surface area contributed by atoms with E-state index in [2.05, 4.69) is 64.8 Å². The van der Waals surface area contributed by atoms with Gasteiger partial charge in [-0.25, -0.2) is 0 Å². The molecule has 0 saturated carbocycles. The Morgan fingerprint density at radius 2 is 1.89 bits per heavy atom. The third-order valence-corrected chi connectivity index (χ3v) is 3.97. The van der Waals surface area contributed by atoms with Crippen LogP contribution in [-0.4, -0.2) is 24.5 Å². The molecule has 0 heterocycles. The minimum absolute atomic E-state index is 0.212. The van der Waals surface area contributed by atoms with E-state index in [1.165, 1.54) is 16.7 Å². The molecule has 0 amide bonds. The van der Waals surface area contributed by atoms with Crippen molar-refractivity contribution in [3.05, 3.63) is 34.9 Å². The quantitative estimate of drug-likeness (QED) is 0.880. The van der Waals surface area contributed by atoms with Crippen LogP contribution in [0.15, 0.2) is 18.2 Å². The van der Waals surface area contributed by atoms with E-state index in [1.807, 2.05) is 0 Å². The summed E-state index contributed by atoms with van der Waals surface area (Å²) in [6.45, 7) is 13.0. The maximum Gasteiger partial charge on any atom is 0.0236 e. The molecule has 1 aromatic carbocycles. The fraction of sp³-hybridized carbons (Fsp3) is 0.647. The Bertz CT molecular complexity index is 404. The molecule has 1 rings (SSSR count). The van der Waals surface area contributed by atoms with Gasteiger partial charge in [-0.2, -0.15) is 0 Å². The zero-order chi connectivity index (χ0) is 14.6. The Morgan fingerprint density at radius 3 is 2.42 bits per heavy atom. The van der Waals surface area contributed by atoms with E-state index in [0.29, 0.717) is 6.04 Å². The van der Waals surface area contributed by atoms with Crippen LogP contribution in [0.2, 0.25) is 0 Å². The fourth-order valence-electron chi connectivity index (χ4n) is 2.19. The molecule has 2 heteroatoms. The maximum atomic E-state index is 5.65. The van der Waals surface area contributed by atoms with Crippen LogP contribution in [0.4, 0.5) is 0 Å². The first-order valence-corrected chi connectivity index (χ1v) is 7.26. The SMILES string of the molecule is Cc1ccc(C(C)(C)C)cc1CN(C)C(C)CCN. The molecule has 0 saturated heterocycles. The number of aryl methyl sites for hydroxylation is 1. The zero-order valence-electron chi connectivity index (χ0n) is 13.5. The Hall–Kier alpha value is -0.860. The molecule has 0 aliphatic rings. The molecular formula is C17H30N2. The van der Waals surface area contributed by atoms with Gasteiger partial charge in [0, 0.05) is 12.6 Å². The highest BCUT2D eigenvalue weighted by Crippen LogP contribution is 2.25. The predicted molar refractivity (Wildman–Crippen MR) is 84.5 cm³/mol. The molecule has 1 unspecified atom stereocenters. The van der Waals surface area contributed by atoms with E-state index in [1.54, 1.807) is 0 Å². The Labute approximate surface area is 119 Å². The summed E-state index contributed by atoms with van der Waals surface area (Å²) in [7, 11) is 2.18. The van der Waals surface area contributed by atoms with Gasteiger partial charge in [-0.05, 0) is 56.0 Å². The summed E-state index contributed by atoms with van der Waals surface area (Å²) in [5.41, 5.74) is 10.1. The molecule has 0 aliphatic heterocycles. The average Bonchev–Trinajstić information content (AvgIpc) is 2.30. The second kappa shape index (κ2) is 6.53. The molecule has 0 spiro atoms. The van der Waals surface area contributed by atoms with Crippen molar-refractivity contribution in [3.8, 4) is 0 Å². The van der Waals surface area contributed by atoms with Crippen LogP contribution in [0.1, 0.15) is 50.8 Å². The highest BCUT2D eigenvalue weighted by molar-refractivity contribution is 5.34. The average molecular weight is 262 g/mol. The largest absolute Gasteiger partial charge is 0.330 e. The predicted octanol–water partition coefficient (Wildman–Crippen LogP) is 3.46. The van der Waals surface area contributed by atoms with Crippen molar-refractivity contribution >= 4 is 0 Å². The summed E-state index contributed by atoms with van der Waals surface area (Å²) < 4.78 is 0. The van der Waals surface area contributed by atoms with Crippen molar-refractivity contribution < 1.29 is 0 Å². The summed E-state index contributed by atoms with van der Waals surface area (Å²) in [4.78, 5) is 2.39. The van der Waals surface area contributed by atoms with Crippen molar-refractivity contribution in [2.45, 2.75) is 59.0 Å². The lowest BCUT2D eigenvalue weighted by atomic mass is 9.85. The second-order valence-electron chi connectivity index (χ2n) is 6.73. The van der Waals surface area contributed by atoms with Gasteiger partial charge in [-0.3, -0.25) is 4.90 Å². The molecule has 2 nitrogen and oxygen atoms in total. The van der Waals surface area contributed by atoms with Crippen molar-refractivity contribution in [2.75, 3.05) is 13.6 Å². The zero-order valence-corrected chi connectivity index (χ0v) is 13.5. The lowest BCUT2D eigenvalue weighted by Crippen LogP contribution is -2.30. The van der Waals surface area contributed by atoms with E-state index in [0.717, 1.165) is 19.5 Å². The van der Waals surface area contributed by atoms with Crippen LogP contribution < -0.4 is 5.73 Å². The van der Waals surface area contributed by atoms with Crippen LogP contribution >= 0.6 is 0 Å². The van der Waals surface area contributed by atoms with E-state index in [4.69, 9.17) is 5.73 Å². The van der Waals surface area contributed by atoms with Crippen LogP contribution in [0, 0.1) is 6.92 Å². The van der Waals surface area contributed by atoms with Crippen molar-refractivity contribution in [2.24, 2.45) is 5.73 Å². The maximum absolute atomic E-state index is 5.65. The number of rotatable bonds is 5. The van der Waals surface area contributed by atoms with E-state index >= 15 is 0 Å². The molecule has 0 bridgehead atoms. The van der Waals surface area contributed by atoms with Gasteiger partial charge in [-0.1, -0.05) is 39.0 Å². The number of hydrogen-bond acceptors (Lipinski definition) is 2. The van der Waals surface area contributed by atoms with E-state index in [-0.39, 0.29) is 5.41 Å². The smallest absolute Gasteiger partial charge is 0.0236 e. The molecule has 0 aliphatic carbocycles. The highest BCUT2D eigenvalue weighted by atomic mass is 15.1. The lowest BCUT2D eigenvalue weighted by Gasteiger charge is -2.26. The van der Waals surface area contributed by atoms with Gasteiger partial charge < -0.3 is 5.73 Å². The Morgan fingerprint density at radius 1 is 1.26 bits per heavy atom. The van der Waals surface area contributed by atoms with Gasteiger partial charge in [0.05, 0.1) is 0 Å². The van der Waals surface area contributed by atoms with Crippen LogP contribution in [-0.2, 0) is 12.0 Å². The Kier molecular flexibility index (Phi) is 5.57. The van der Waals surface area contributed by atoms with Gasteiger partial charge in [0.1, 0.15) is 0 Å². The Balaban J connectivity index is 2.88. The molecule has 19 heavy (non-hydrogen) atoms. The van der Waals surface area contributed by atoms with Gasteiger partial charge in [0.15, 0.2) is 0 Å². The molecule has 108 valence electrons. The molecular weight excluding hydrogens is 232 g/mol. The molecule has 0 radical (unpaired) electrons. The minimum atomic E-state index is 0.212. The molecule has 0 fully saturated rings. The lowest BCUT2D eigenvalue weighted by molar-refractivity contribution is 0.240. The summed E-state index contributed by atoms with van der Waals surface area (Å²) in [6.07, 6.45) is 1.05. The van der Waals surface area contributed by atoms with Gasteiger partial charge >= 0.3 is 0 Å². The van der Waals surface area contributed by atoms with Crippen LogP contribution in [0.25, 0.3) is 0 Å². The number of nitrogens with two attached hydrogens (primary N) is 1. The van der Waals surface area contributed by atoms with Gasteiger partial charge in [0.25, 0.3) is 0 Å². The van der Waals surface area contributed by atoms with Gasteiger partial charge in [-0.15, -0.1) is 0 Å². The second-order valence-corrected chi connectivity index (χ2v) is 6.73. The topological polar surface area (TPSA) is 29.3 Å². The first-order chi connectivity index (χ1) is 8.75. The molecule has 0 aromatic heterocycles. The monoisotopic (exact) mass is 262 g/mol. The van der Waals surface area contributed by atoms with Crippen molar-refractivity contribution in [1.29, 1.82) is 0 Å². The van der Waals surface area contributed by atoms with Crippen LogP contribution in [0.3, 0.4) is 0 Å². The van der Waals surface area contributed by atoms with Crippen molar-refractivity contribution in [3.63, 3.8) is 0 Å². The minimum Gasteiger partial charge on any atom is -0.330 e. The fourth-order valence-corrected chi connectivity index (χ4v) is 2.19. The molecule has 2 N–H and O–H groups in total. The highest BCUT2D eigenvalue weighted by Gasteiger charge is 2.16. The summed E-state index contributed by atoms with van der Waals surface area (Å²) in [5, 5.41) is 0. The number of hydrogen-bond donors (Lipinski definition) is 1.